The van der Waals surface area contributed by atoms with Gasteiger partial charge >= 0.3 is 0 Å². The summed E-state index contributed by atoms with van der Waals surface area (Å²) >= 11 is 5.90. The van der Waals surface area contributed by atoms with Crippen molar-refractivity contribution in [2.45, 2.75) is 12.3 Å². The number of rotatable bonds is 6. The van der Waals surface area contributed by atoms with Crippen molar-refractivity contribution in [3.63, 3.8) is 0 Å². The topological polar surface area (TPSA) is 18.5 Å². The fraction of sp³-hybridized carbons (Fsp3) is 0.250. The Morgan fingerprint density at radius 2 is 1.84 bits per heavy atom. The first-order chi connectivity index (χ1) is 9.33. The normalized spacial score (nSPS) is 10.2. The fourth-order valence-corrected chi connectivity index (χ4v) is 2.05. The van der Waals surface area contributed by atoms with Crippen LogP contribution in [0, 0.1) is 0 Å². The molecule has 2 aromatic carbocycles. The van der Waals surface area contributed by atoms with Crippen LogP contribution in [0.25, 0.3) is 0 Å². The van der Waals surface area contributed by atoms with E-state index in [4.69, 9.17) is 21.1 Å². The molecule has 0 fully saturated rings. The molecule has 100 valence electrons. The third kappa shape index (κ3) is 3.90. The van der Waals surface area contributed by atoms with Crippen molar-refractivity contribution in [2.75, 3.05) is 13.7 Å². The minimum Gasteiger partial charge on any atom is -0.497 e. The predicted molar refractivity (Wildman–Crippen MR) is 78.2 cm³/mol. The van der Waals surface area contributed by atoms with Crippen LogP contribution in [0.2, 0.25) is 0 Å². The number of ether oxygens (including phenoxy) is 2. The first-order valence-electron chi connectivity index (χ1n) is 6.23. The minimum absolute atomic E-state index is 0.435. The Labute approximate surface area is 118 Å². The molecule has 19 heavy (non-hydrogen) atoms. The monoisotopic (exact) mass is 276 g/mol. The molecule has 3 heteroatoms. The van der Waals surface area contributed by atoms with Gasteiger partial charge in [0.15, 0.2) is 0 Å². The van der Waals surface area contributed by atoms with E-state index < -0.39 is 0 Å². The first-order valence-corrected chi connectivity index (χ1v) is 6.76. The van der Waals surface area contributed by atoms with E-state index >= 15 is 0 Å². The van der Waals surface area contributed by atoms with Crippen LogP contribution in [0.5, 0.6) is 11.5 Å². The Hall–Kier alpha value is -1.67. The number of halogens is 1. The van der Waals surface area contributed by atoms with Gasteiger partial charge in [-0.25, -0.2) is 0 Å². The molecule has 0 aliphatic rings. The van der Waals surface area contributed by atoms with Crippen LogP contribution in [-0.2, 0) is 12.3 Å². The van der Waals surface area contributed by atoms with Gasteiger partial charge in [-0.05, 0) is 11.6 Å². The van der Waals surface area contributed by atoms with Crippen molar-refractivity contribution >= 4 is 11.6 Å². The average Bonchev–Trinajstić information content (AvgIpc) is 2.48. The molecule has 2 rings (SSSR count). The van der Waals surface area contributed by atoms with Crippen molar-refractivity contribution < 1.29 is 9.47 Å². The maximum atomic E-state index is 5.90. The van der Waals surface area contributed by atoms with Crippen molar-refractivity contribution in [3.05, 3.63) is 59.7 Å². The molecule has 0 spiro atoms. The maximum Gasteiger partial charge on any atom is 0.127 e. The van der Waals surface area contributed by atoms with Gasteiger partial charge in [0.25, 0.3) is 0 Å². The second kappa shape index (κ2) is 7.05. The summed E-state index contributed by atoms with van der Waals surface area (Å²) in [6, 6.07) is 16.0. The molecule has 2 aromatic rings. The zero-order valence-corrected chi connectivity index (χ0v) is 11.7. The highest BCUT2D eigenvalue weighted by Gasteiger charge is 2.05. The third-order valence-electron chi connectivity index (χ3n) is 2.91. The lowest BCUT2D eigenvalue weighted by Gasteiger charge is -2.11. The van der Waals surface area contributed by atoms with Gasteiger partial charge in [0.05, 0.1) is 19.6 Å². The summed E-state index contributed by atoms with van der Waals surface area (Å²) in [5.41, 5.74) is 2.24. The van der Waals surface area contributed by atoms with E-state index in [0.29, 0.717) is 12.5 Å². The molecule has 0 aromatic heterocycles. The number of hydrogen-bond acceptors (Lipinski definition) is 2. The molecule has 0 aliphatic carbocycles. The van der Waals surface area contributed by atoms with Crippen LogP contribution in [0.15, 0.2) is 48.5 Å². The summed E-state index contributed by atoms with van der Waals surface area (Å²) in [5.74, 6) is 2.01. The Bertz CT molecular complexity index is 511. The summed E-state index contributed by atoms with van der Waals surface area (Å²) in [6.45, 7) is 0.626. The maximum absolute atomic E-state index is 5.90. The molecule has 0 atom stereocenters. The van der Waals surface area contributed by atoms with Gasteiger partial charge < -0.3 is 9.47 Å². The largest absolute Gasteiger partial charge is 0.497 e. The van der Waals surface area contributed by atoms with Crippen LogP contribution < -0.4 is 9.47 Å². The van der Waals surface area contributed by atoms with Crippen molar-refractivity contribution in [2.24, 2.45) is 0 Å². The van der Waals surface area contributed by atoms with Gasteiger partial charge in [-0.1, -0.05) is 36.4 Å². The summed E-state index contributed by atoms with van der Waals surface area (Å²) in [6.07, 6.45) is 0.875. The number of hydrogen-bond donors (Lipinski definition) is 0. The molecule has 0 radical (unpaired) electrons. The predicted octanol–water partition coefficient (Wildman–Crippen LogP) is 4.06. The fourth-order valence-electron chi connectivity index (χ4n) is 1.83. The second-order valence-corrected chi connectivity index (χ2v) is 4.46. The Morgan fingerprint density at radius 1 is 1.05 bits per heavy atom. The van der Waals surface area contributed by atoms with Gasteiger partial charge in [-0.2, -0.15) is 0 Å². The van der Waals surface area contributed by atoms with E-state index in [-0.39, 0.29) is 0 Å². The molecule has 0 heterocycles. The van der Waals surface area contributed by atoms with Gasteiger partial charge in [-0.15, -0.1) is 11.6 Å². The van der Waals surface area contributed by atoms with E-state index in [1.54, 1.807) is 7.11 Å². The van der Waals surface area contributed by atoms with Crippen molar-refractivity contribution in [3.8, 4) is 11.5 Å². The van der Waals surface area contributed by atoms with Gasteiger partial charge in [-0.3, -0.25) is 0 Å². The van der Waals surface area contributed by atoms with E-state index in [1.807, 2.05) is 36.4 Å². The van der Waals surface area contributed by atoms with Gasteiger partial charge in [0, 0.05) is 18.1 Å². The van der Waals surface area contributed by atoms with E-state index in [1.165, 1.54) is 5.56 Å². The first kappa shape index (κ1) is 13.8. The average molecular weight is 277 g/mol. The van der Waals surface area contributed by atoms with Crippen LogP contribution >= 0.6 is 11.6 Å². The van der Waals surface area contributed by atoms with Gasteiger partial charge in [0.1, 0.15) is 11.5 Å². The lowest BCUT2D eigenvalue weighted by atomic mass is 10.2. The molecule has 0 N–H and O–H groups in total. The number of benzene rings is 2. The van der Waals surface area contributed by atoms with Crippen molar-refractivity contribution in [1.29, 1.82) is 0 Å². The van der Waals surface area contributed by atoms with Crippen LogP contribution in [-0.4, -0.2) is 13.7 Å². The van der Waals surface area contributed by atoms with E-state index in [9.17, 15) is 0 Å². The molecular weight excluding hydrogens is 260 g/mol. The smallest absolute Gasteiger partial charge is 0.127 e. The highest BCUT2D eigenvalue weighted by Crippen LogP contribution is 2.26. The van der Waals surface area contributed by atoms with Crippen LogP contribution in [0.3, 0.4) is 0 Å². The van der Waals surface area contributed by atoms with Crippen LogP contribution in [0.1, 0.15) is 11.1 Å². The Morgan fingerprint density at radius 3 is 2.53 bits per heavy atom. The van der Waals surface area contributed by atoms with Crippen LogP contribution in [0.4, 0.5) is 0 Å². The third-order valence-corrected chi connectivity index (χ3v) is 3.20. The zero-order chi connectivity index (χ0) is 13.5. The molecule has 0 saturated heterocycles. The number of alkyl halides is 1. The van der Waals surface area contributed by atoms with E-state index in [2.05, 4.69) is 12.1 Å². The summed E-state index contributed by atoms with van der Waals surface area (Å²) in [5, 5.41) is 0. The lowest BCUT2D eigenvalue weighted by Crippen LogP contribution is -2.03. The molecule has 0 unspecified atom stereocenters. The molecule has 0 aliphatic heterocycles. The highest BCUT2D eigenvalue weighted by molar-refractivity contribution is 6.17. The standard InChI is InChI=1S/C16H17ClO2/c1-18-15-8-7-14(12-17)16(11-15)19-10-9-13-5-3-2-4-6-13/h2-8,11H,9-10,12H2,1H3. The molecular formula is C16H17ClO2. The quantitative estimate of drug-likeness (QED) is 0.741. The minimum atomic E-state index is 0.435. The zero-order valence-electron chi connectivity index (χ0n) is 10.9. The summed E-state index contributed by atoms with van der Waals surface area (Å²) < 4.78 is 11.0. The Kier molecular flexibility index (Phi) is 5.10. The van der Waals surface area contributed by atoms with Crippen molar-refractivity contribution in [1.82, 2.24) is 0 Å². The molecule has 0 saturated carbocycles. The molecule has 0 amide bonds. The summed E-state index contributed by atoms with van der Waals surface area (Å²) in [4.78, 5) is 0. The Balaban J connectivity index is 1.98. The highest BCUT2D eigenvalue weighted by atomic mass is 35.5. The SMILES string of the molecule is COc1ccc(CCl)c(OCCc2ccccc2)c1. The second-order valence-electron chi connectivity index (χ2n) is 4.19. The number of methoxy groups -OCH3 is 1. The molecule has 2 nitrogen and oxygen atoms in total. The lowest BCUT2D eigenvalue weighted by molar-refractivity contribution is 0.316. The van der Waals surface area contributed by atoms with Gasteiger partial charge in [0.2, 0.25) is 0 Å². The molecule has 0 bridgehead atoms. The summed E-state index contributed by atoms with van der Waals surface area (Å²) in [7, 11) is 1.64. The van der Waals surface area contributed by atoms with E-state index in [0.717, 1.165) is 23.5 Å².